The van der Waals surface area contributed by atoms with Crippen molar-refractivity contribution in [2.75, 3.05) is 38.0 Å². The Morgan fingerprint density at radius 1 is 1.24 bits per heavy atom. The lowest BCUT2D eigenvalue weighted by Gasteiger charge is -2.26. The van der Waals surface area contributed by atoms with Crippen LogP contribution in [0.25, 0.3) is 0 Å². The van der Waals surface area contributed by atoms with Crippen LogP contribution in [0.4, 0.5) is 5.82 Å². The summed E-state index contributed by atoms with van der Waals surface area (Å²) >= 11 is 0. The fourth-order valence-corrected chi connectivity index (χ4v) is 2.51. The van der Waals surface area contributed by atoms with Crippen molar-refractivity contribution in [1.82, 2.24) is 15.2 Å². The highest BCUT2D eigenvalue weighted by Crippen LogP contribution is 2.08. The van der Waals surface area contributed by atoms with E-state index in [1.807, 2.05) is 12.1 Å². The van der Waals surface area contributed by atoms with Crippen LogP contribution in [0.5, 0.6) is 0 Å². The van der Waals surface area contributed by atoms with Crippen molar-refractivity contribution in [2.24, 2.45) is 0 Å². The van der Waals surface area contributed by atoms with E-state index in [0.717, 1.165) is 38.4 Å². The number of amides is 1. The van der Waals surface area contributed by atoms with Gasteiger partial charge in [0, 0.05) is 19.6 Å². The minimum atomic E-state index is -0.0906. The maximum absolute atomic E-state index is 12.1. The SMILES string of the molecule is CCCNc1cccc(C(=O)NCCN2CCCCC2)n1. The van der Waals surface area contributed by atoms with E-state index in [9.17, 15) is 4.79 Å². The summed E-state index contributed by atoms with van der Waals surface area (Å²) in [6.45, 7) is 6.90. The largest absolute Gasteiger partial charge is 0.370 e. The first-order chi connectivity index (χ1) is 10.3. The number of hydrogen-bond donors (Lipinski definition) is 2. The predicted octanol–water partition coefficient (Wildman–Crippen LogP) is 2.12. The molecule has 1 aliphatic rings. The highest BCUT2D eigenvalue weighted by atomic mass is 16.1. The van der Waals surface area contributed by atoms with Gasteiger partial charge in [-0.15, -0.1) is 0 Å². The van der Waals surface area contributed by atoms with Crippen molar-refractivity contribution in [1.29, 1.82) is 0 Å². The monoisotopic (exact) mass is 290 g/mol. The third-order valence-corrected chi connectivity index (χ3v) is 3.70. The van der Waals surface area contributed by atoms with E-state index < -0.39 is 0 Å². The smallest absolute Gasteiger partial charge is 0.270 e. The molecule has 116 valence electrons. The minimum absolute atomic E-state index is 0.0906. The highest BCUT2D eigenvalue weighted by molar-refractivity contribution is 5.92. The zero-order chi connectivity index (χ0) is 14.9. The second-order valence-electron chi connectivity index (χ2n) is 5.49. The first kappa shape index (κ1) is 15.8. The molecule has 5 nitrogen and oxygen atoms in total. The molecule has 0 bridgehead atoms. The summed E-state index contributed by atoms with van der Waals surface area (Å²) in [6.07, 6.45) is 4.93. The number of rotatable bonds is 7. The van der Waals surface area contributed by atoms with Gasteiger partial charge in [0.15, 0.2) is 0 Å². The first-order valence-corrected chi connectivity index (χ1v) is 8.01. The van der Waals surface area contributed by atoms with Crippen LogP contribution in [0.2, 0.25) is 0 Å². The highest BCUT2D eigenvalue weighted by Gasteiger charge is 2.11. The predicted molar refractivity (Wildman–Crippen MR) is 85.6 cm³/mol. The lowest BCUT2D eigenvalue weighted by Crippen LogP contribution is -2.37. The molecular weight excluding hydrogens is 264 g/mol. The summed E-state index contributed by atoms with van der Waals surface area (Å²) < 4.78 is 0. The van der Waals surface area contributed by atoms with E-state index >= 15 is 0 Å². The standard InChI is InChI=1S/C16H26N4O/c1-2-9-17-15-8-6-7-14(19-15)16(21)18-10-13-20-11-4-3-5-12-20/h6-8H,2-5,9-13H2,1H3,(H,17,19)(H,18,21). The van der Waals surface area contributed by atoms with Crippen molar-refractivity contribution in [3.8, 4) is 0 Å². The van der Waals surface area contributed by atoms with Crippen molar-refractivity contribution >= 4 is 11.7 Å². The molecule has 1 saturated heterocycles. The molecule has 2 heterocycles. The van der Waals surface area contributed by atoms with Crippen LogP contribution in [-0.4, -0.2) is 48.5 Å². The van der Waals surface area contributed by atoms with Gasteiger partial charge < -0.3 is 15.5 Å². The van der Waals surface area contributed by atoms with Crippen molar-refractivity contribution in [2.45, 2.75) is 32.6 Å². The Hall–Kier alpha value is -1.62. The van der Waals surface area contributed by atoms with Crippen molar-refractivity contribution < 1.29 is 4.79 Å². The third kappa shape index (κ3) is 5.34. The van der Waals surface area contributed by atoms with Crippen LogP contribution in [0.3, 0.4) is 0 Å². The average molecular weight is 290 g/mol. The van der Waals surface area contributed by atoms with Crippen LogP contribution >= 0.6 is 0 Å². The first-order valence-electron chi connectivity index (χ1n) is 8.01. The van der Waals surface area contributed by atoms with Crippen LogP contribution < -0.4 is 10.6 Å². The van der Waals surface area contributed by atoms with Gasteiger partial charge in [-0.3, -0.25) is 4.79 Å². The van der Waals surface area contributed by atoms with E-state index in [1.165, 1.54) is 19.3 Å². The number of aromatic nitrogens is 1. The molecule has 2 rings (SSSR count). The van der Waals surface area contributed by atoms with Gasteiger partial charge in [0.05, 0.1) is 0 Å². The zero-order valence-electron chi connectivity index (χ0n) is 12.9. The lowest BCUT2D eigenvalue weighted by molar-refractivity contribution is 0.0941. The average Bonchev–Trinajstić information content (AvgIpc) is 2.54. The van der Waals surface area contributed by atoms with Crippen LogP contribution in [0, 0.1) is 0 Å². The molecular formula is C16H26N4O. The molecule has 0 spiro atoms. The summed E-state index contributed by atoms with van der Waals surface area (Å²) in [5, 5.41) is 6.16. The van der Waals surface area contributed by atoms with E-state index in [1.54, 1.807) is 6.07 Å². The van der Waals surface area contributed by atoms with Gasteiger partial charge in [0.1, 0.15) is 11.5 Å². The number of hydrogen-bond acceptors (Lipinski definition) is 4. The number of likely N-dealkylation sites (tertiary alicyclic amines) is 1. The van der Waals surface area contributed by atoms with Gasteiger partial charge in [0.25, 0.3) is 5.91 Å². The molecule has 0 radical (unpaired) electrons. The number of anilines is 1. The van der Waals surface area contributed by atoms with Crippen molar-refractivity contribution in [3.05, 3.63) is 23.9 Å². The molecule has 0 saturated carbocycles. The molecule has 21 heavy (non-hydrogen) atoms. The van der Waals surface area contributed by atoms with Gasteiger partial charge in [-0.1, -0.05) is 19.4 Å². The van der Waals surface area contributed by atoms with Crippen LogP contribution in [0.15, 0.2) is 18.2 Å². The van der Waals surface area contributed by atoms with Crippen LogP contribution in [-0.2, 0) is 0 Å². The fraction of sp³-hybridized carbons (Fsp3) is 0.625. The number of nitrogens with zero attached hydrogens (tertiary/aromatic N) is 2. The van der Waals surface area contributed by atoms with Gasteiger partial charge in [0.2, 0.25) is 0 Å². The van der Waals surface area contributed by atoms with Gasteiger partial charge in [-0.05, 0) is 44.5 Å². The van der Waals surface area contributed by atoms with Crippen LogP contribution in [0.1, 0.15) is 43.1 Å². The van der Waals surface area contributed by atoms with Gasteiger partial charge in [-0.25, -0.2) is 4.98 Å². The maximum Gasteiger partial charge on any atom is 0.270 e. The molecule has 1 aliphatic heterocycles. The molecule has 0 atom stereocenters. The summed E-state index contributed by atoms with van der Waals surface area (Å²) in [5.74, 6) is 0.674. The lowest BCUT2D eigenvalue weighted by atomic mass is 10.1. The number of piperidine rings is 1. The number of carbonyl (C=O) groups excluding carboxylic acids is 1. The summed E-state index contributed by atoms with van der Waals surface area (Å²) in [6, 6.07) is 5.51. The molecule has 1 aromatic rings. The van der Waals surface area contributed by atoms with E-state index in [0.29, 0.717) is 12.2 Å². The molecule has 0 aliphatic carbocycles. The van der Waals surface area contributed by atoms with Gasteiger partial charge in [-0.2, -0.15) is 0 Å². The Kier molecular flexibility index (Phi) is 6.47. The Labute approximate surface area is 127 Å². The Morgan fingerprint density at radius 2 is 2.05 bits per heavy atom. The van der Waals surface area contributed by atoms with E-state index in [4.69, 9.17) is 0 Å². The molecule has 0 aromatic carbocycles. The van der Waals surface area contributed by atoms with Gasteiger partial charge >= 0.3 is 0 Å². The van der Waals surface area contributed by atoms with Crippen molar-refractivity contribution in [3.63, 3.8) is 0 Å². The number of carbonyl (C=O) groups is 1. The Balaban J connectivity index is 1.76. The fourth-order valence-electron chi connectivity index (χ4n) is 2.51. The second kappa shape index (κ2) is 8.62. The van der Waals surface area contributed by atoms with E-state index in [-0.39, 0.29) is 5.91 Å². The minimum Gasteiger partial charge on any atom is -0.370 e. The summed E-state index contributed by atoms with van der Waals surface area (Å²) in [5.41, 5.74) is 0.481. The molecule has 2 N–H and O–H groups in total. The normalized spacial score (nSPS) is 15.7. The Bertz CT molecular complexity index is 444. The molecule has 5 heteroatoms. The molecule has 1 aromatic heterocycles. The summed E-state index contributed by atoms with van der Waals surface area (Å²) in [7, 11) is 0. The second-order valence-corrected chi connectivity index (χ2v) is 5.49. The zero-order valence-corrected chi connectivity index (χ0v) is 12.9. The summed E-state index contributed by atoms with van der Waals surface area (Å²) in [4.78, 5) is 18.8. The quantitative estimate of drug-likeness (QED) is 0.807. The Morgan fingerprint density at radius 3 is 2.81 bits per heavy atom. The number of pyridine rings is 1. The molecule has 0 unspecified atom stereocenters. The molecule has 1 amide bonds. The molecule has 1 fully saturated rings. The third-order valence-electron chi connectivity index (χ3n) is 3.70. The maximum atomic E-state index is 12.1. The number of nitrogens with one attached hydrogen (secondary N) is 2. The topological polar surface area (TPSA) is 57.3 Å². The van der Waals surface area contributed by atoms with E-state index in [2.05, 4.69) is 27.4 Å².